The van der Waals surface area contributed by atoms with Crippen molar-refractivity contribution in [2.24, 2.45) is 5.73 Å². The van der Waals surface area contributed by atoms with Gasteiger partial charge in [-0.05, 0) is 26.0 Å². The molecule has 30 heavy (non-hydrogen) atoms. The van der Waals surface area contributed by atoms with Gasteiger partial charge in [0.2, 0.25) is 0 Å². The first kappa shape index (κ1) is 21.7. The van der Waals surface area contributed by atoms with Gasteiger partial charge in [0.25, 0.3) is 15.7 Å². The molecule has 1 fully saturated rings. The molecule has 0 spiro atoms. The van der Waals surface area contributed by atoms with Gasteiger partial charge in [0, 0.05) is 18.2 Å². The summed E-state index contributed by atoms with van der Waals surface area (Å²) >= 11 is 0. The lowest BCUT2D eigenvalue weighted by Gasteiger charge is -2.18. The Labute approximate surface area is 171 Å². The van der Waals surface area contributed by atoms with Crippen molar-refractivity contribution < 1.29 is 26.9 Å². The Kier molecular flexibility index (Phi) is 6.10. The molecule has 3 atom stereocenters. The average Bonchev–Trinajstić information content (AvgIpc) is 3.05. The third-order valence-corrected chi connectivity index (χ3v) is 5.94. The minimum atomic E-state index is -4.16. The zero-order valence-corrected chi connectivity index (χ0v) is 17.0. The molecule has 2 heterocycles. The minimum absolute atomic E-state index is 0.0523. The zero-order valence-electron chi connectivity index (χ0n) is 16.2. The third kappa shape index (κ3) is 4.78. The highest BCUT2D eigenvalue weighted by Crippen LogP contribution is 2.32. The maximum atomic E-state index is 12.7. The summed E-state index contributed by atoms with van der Waals surface area (Å²) in [5.74, 6) is 0. The molecule has 2 aromatic rings. The molecule has 1 aliphatic rings. The molecule has 0 unspecified atom stereocenters. The van der Waals surface area contributed by atoms with Crippen molar-refractivity contribution in [1.82, 2.24) is 9.55 Å². The quantitative estimate of drug-likeness (QED) is 0.608. The van der Waals surface area contributed by atoms with Crippen LogP contribution in [0.3, 0.4) is 0 Å². The summed E-state index contributed by atoms with van der Waals surface area (Å²) in [7, 11) is -4.16. The van der Waals surface area contributed by atoms with Gasteiger partial charge in [0.1, 0.15) is 25.0 Å². The van der Waals surface area contributed by atoms with Crippen molar-refractivity contribution in [3.63, 3.8) is 0 Å². The van der Waals surface area contributed by atoms with E-state index in [-0.39, 0.29) is 23.5 Å². The predicted molar refractivity (Wildman–Crippen MR) is 103 cm³/mol. The summed E-state index contributed by atoms with van der Waals surface area (Å²) in [5.41, 5.74) is 4.85. The molecule has 0 bridgehead atoms. The zero-order chi connectivity index (χ0) is 22.1. The van der Waals surface area contributed by atoms with Crippen LogP contribution in [0.5, 0.6) is 0 Å². The van der Waals surface area contributed by atoms with E-state index in [2.05, 4.69) is 4.98 Å². The number of rotatable bonds is 6. The number of ether oxygens (including phenoxy) is 2. The van der Waals surface area contributed by atoms with Crippen molar-refractivity contribution in [3.8, 4) is 0 Å². The van der Waals surface area contributed by atoms with Crippen LogP contribution in [0.2, 0.25) is 0 Å². The first-order valence-corrected chi connectivity index (χ1v) is 10.4. The van der Waals surface area contributed by atoms with Gasteiger partial charge in [-0.1, -0.05) is 17.7 Å². The van der Waals surface area contributed by atoms with Gasteiger partial charge in [-0.15, -0.1) is 0 Å². The van der Waals surface area contributed by atoms with E-state index in [9.17, 15) is 22.8 Å². The second-order valence-corrected chi connectivity index (χ2v) is 8.45. The average molecular weight is 439 g/mol. The summed E-state index contributed by atoms with van der Waals surface area (Å²) in [6.45, 7) is 2.94. The lowest BCUT2D eigenvalue weighted by Crippen LogP contribution is -2.34. The molecular formula is C18H21N3O8S. The van der Waals surface area contributed by atoms with Crippen LogP contribution in [0.25, 0.3) is 0 Å². The smallest absolute Gasteiger partial charge is 0.404 e. The molecule has 3 rings (SSSR count). The standard InChI is InChI=1S/C18H21N3O8S/c1-10-3-5-12(6-4-10)30(25,26)29-13-7-15(28-14(13)9-27-17(19)23)21-8-11(2)16(22)20-18(21)24/h3-6,8,13-15H,7,9H2,1-2H3,(H2,19,23)(H,20,22,24)/t13-,14+,15+/m0/s1. The number of aromatic nitrogens is 2. The molecule has 11 nitrogen and oxygen atoms in total. The van der Waals surface area contributed by atoms with E-state index >= 15 is 0 Å². The third-order valence-electron chi connectivity index (χ3n) is 4.59. The number of nitrogens with two attached hydrogens (primary N) is 1. The Hall–Kier alpha value is -2.96. The molecule has 3 N–H and O–H groups in total. The fourth-order valence-electron chi connectivity index (χ4n) is 3.01. The number of H-pyrrole nitrogens is 1. The Morgan fingerprint density at radius 1 is 1.27 bits per heavy atom. The first-order chi connectivity index (χ1) is 14.1. The molecule has 0 saturated carbocycles. The Bertz CT molecular complexity index is 1150. The van der Waals surface area contributed by atoms with Gasteiger partial charge in [0.15, 0.2) is 0 Å². The fraction of sp³-hybridized carbons (Fsp3) is 0.389. The molecule has 1 aromatic heterocycles. The van der Waals surface area contributed by atoms with E-state index in [1.807, 2.05) is 6.92 Å². The number of aryl methyl sites for hydroxylation is 2. The van der Waals surface area contributed by atoms with Crippen molar-refractivity contribution in [2.75, 3.05) is 6.61 Å². The summed E-state index contributed by atoms with van der Waals surface area (Å²) in [4.78, 5) is 36.8. The number of amides is 1. The van der Waals surface area contributed by atoms with E-state index in [0.717, 1.165) is 10.1 Å². The molecule has 162 valence electrons. The predicted octanol–water partition coefficient (Wildman–Crippen LogP) is 0.310. The maximum absolute atomic E-state index is 12.7. The Morgan fingerprint density at radius 3 is 2.57 bits per heavy atom. The van der Waals surface area contributed by atoms with E-state index in [1.54, 1.807) is 12.1 Å². The molecule has 12 heteroatoms. The van der Waals surface area contributed by atoms with Gasteiger partial charge in [0.05, 0.1) is 4.90 Å². The number of carbonyl (C=O) groups is 1. The second-order valence-electron chi connectivity index (χ2n) is 6.88. The van der Waals surface area contributed by atoms with Crippen LogP contribution >= 0.6 is 0 Å². The Morgan fingerprint density at radius 2 is 1.93 bits per heavy atom. The molecule has 1 amide bonds. The van der Waals surface area contributed by atoms with Gasteiger partial charge in [-0.2, -0.15) is 8.42 Å². The van der Waals surface area contributed by atoms with Crippen molar-refractivity contribution in [1.29, 1.82) is 0 Å². The highest BCUT2D eigenvalue weighted by atomic mass is 32.2. The largest absolute Gasteiger partial charge is 0.447 e. The van der Waals surface area contributed by atoms with E-state index < -0.39 is 45.9 Å². The minimum Gasteiger partial charge on any atom is -0.447 e. The molecule has 1 aromatic carbocycles. The number of hydrogen-bond acceptors (Lipinski definition) is 8. The van der Waals surface area contributed by atoms with Crippen molar-refractivity contribution >= 4 is 16.2 Å². The molecule has 1 saturated heterocycles. The van der Waals surface area contributed by atoms with Crippen molar-refractivity contribution in [2.45, 2.75) is 43.6 Å². The molecule has 0 radical (unpaired) electrons. The SMILES string of the molecule is Cc1ccc(S(=O)(=O)O[C@H]2C[C@H](n3cc(C)c(=O)[nH]c3=O)O[C@@H]2COC(N)=O)cc1. The van der Waals surface area contributed by atoms with E-state index in [0.29, 0.717) is 0 Å². The Balaban J connectivity index is 1.88. The maximum Gasteiger partial charge on any atom is 0.404 e. The summed E-state index contributed by atoms with van der Waals surface area (Å²) < 4.78 is 42.2. The summed E-state index contributed by atoms with van der Waals surface area (Å²) in [6.07, 6.45) is -2.86. The highest BCUT2D eigenvalue weighted by molar-refractivity contribution is 7.86. The van der Waals surface area contributed by atoms with Crippen LogP contribution in [-0.4, -0.2) is 42.9 Å². The van der Waals surface area contributed by atoms with Gasteiger partial charge < -0.3 is 15.2 Å². The number of nitrogens with zero attached hydrogens (tertiary/aromatic N) is 1. The van der Waals surface area contributed by atoms with Crippen LogP contribution in [0.4, 0.5) is 4.79 Å². The topological polar surface area (TPSA) is 160 Å². The number of carbonyl (C=O) groups excluding carboxylic acids is 1. The monoisotopic (exact) mass is 439 g/mol. The fourth-order valence-corrected chi connectivity index (χ4v) is 4.12. The molecule has 0 aliphatic carbocycles. The van der Waals surface area contributed by atoms with Gasteiger partial charge >= 0.3 is 11.8 Å². The van der Waals surface area contributed by atoms with E-state index in [4.69, 9.17) is 19.4 Å². The molecular weight excluding hydrogens is 418 g/mol. The van der Waals surface area contributed by atoms with Gasteiger partial charge in [-0.25, -0.2) is 9.59 Å². The van der Waals surface area contributed by atoms with Crippen LogP contribution < -0.4 is 17.0 Å². The summed E-state index contributed by atoms with van der Waals surface area (Å²) in [6, 6.07) is 6.06. The second kappa shape index (κ2) is 8.42. The van der Waals surface area contributed by atoms with Crippen LogP contribution in [0, 0.1) is 13.8 Å². The van der Waals surface area contributed by atoms with Crippen molar-refractivity contribution in [3.05, 3.63) is 62.4 Å². The van der Waals surface area contributed by atoms with Gasteiger partial charge in [-0.3, -0.25) is 18.5 Å². The summed E-state index contributed by atoms with van der Waals surface area (Å²) in [5, 5.41) is 0. The highest BCUT2D eigenvalue weighted by Gasteiger charge is 2.41. The van der Waals surface area contributed by atoms with Crippen LogP contribution in [0.15, 0.2) is 44.9 Å². The lowest BCUT2D eigenvalue weighted by molar-refractivity contribution is -0.0437. The number of benzene rings is 1. The van der Waals surface area contributed by atoms with E-state index in [1.165, 1.54) is 25.3 Å². The normalized spacial score (nSPS) is 21.5. The first-order valence-electron chi connectivity index (χ1n) is 8.96. The number of primary amides is 1. The van der Waals surface area contributed by atoms with Crippen LogP contribution in [-0.2, 0) is 23.8 Å². The lowest BCUT2D eigenvalue weighted by atomic mass is 10.2. The number of aromatic amines is 1. The van der Waals surface area contributed by atoms with Crippen LogP contribution in [0.1, 0.15) is 23.8 Å². The number of hydrogen-bond donors (Lipinski definition) is 2. The molecule has 1 aliphatic heterocycles. The number of nitrogens with one attached hydrogen (secondary N) is 1.